The van der Waals surface area contributed by atoms with E-state index in [9.17, 15) is 4.79 Å². The fourth-order valence-corrected chi connectivity index (χ4v) is 2.66. The highest BCUT2D eigenvalue weighted by molar-refractivity contribution is 5.93. The molecule has 0 spiro atoms. The summed E-state index contributed by atoms with van der Waals surface area (Å²) in [7, 11) is 0. The summed E-state index contributed by atoms with van der Waals surface area (Å²) in [5.41, 5.74) is 1.77. The predicted molar refractivity (Wildman–Crippen MR) is 64.6 cm³/mol. The molecule has 0 bridgehead atoms. The number of hydrogen-bond acceptors (Lipinski definition) is 3. The highest BCUT2D eigenvalue weighted by Gasteiger charge is 2.35. The maximum atomic E-state index is 11.7. The van der Waals surface area contributed by atoms with Crippen LogP contribution in [-0.4, -0.2) is 24.0 Å². The summed E-state index contributed by atoms with van der Waals surface area (Å²) < 4.78 is 5.49. The number of ether oxygens (including phenoxy) is 1. The Hall–Kier alpha value is -1.35. The molecule has 1 aromatic carbocycles. The molecule has 0 radical (unpaired) electrons. The number of esters is 1. The second-order valence-corrected chi connectivity index (χ2v) is 5.06. The molecule has 0 saturated carbocycles. The molecule has 0 N–H and O–H groups in total. The molecule has 1 saturated heterocycles. The summed E-state index contributed by atoms with van der Waals surface area (Å²) >= 11 is 0. The topological polar surface area (TPSA) is 29.5 Å². The van der Waals surface area contributed by atoms with Crippen LogP contribution in [0.3, 0.4) is 0 Å². The zero-order chi connectivity index (χ0) is 11.8. The molecule has 2 heterocycles. The molecule has 17 heavy (non-hydrogen) atoms. The number of likely N-dealkylation sites (tertiary alicyclic amines) is 1. The minimum absolute atomic E-state index is 0.147. The van der Waals surface area contributed by atoms with Gasteiger partial charge in [-0.05, 0) is 24.8 Å². The molecule has 0 aliphatic carbocycles. The molecule has 3 nitrogen and oxygen atoms in total. The van der Waals surface area contributed by atoms with E-state index in [0.717, 1.165) is 30.1 Å². The average molecular weight is 231 g/mol. The monoisotopic (exact) mass is 231 g/mol. The van der Waals surface area contributed by atoms with Crippen LogP contribution in [0.5, 0.6) is 0 Å². The SMILES string of the molecule is CC1CCN([C@H]2OC(=O)c3ccccc32)CC1. The van der Waals surface area contributed by atoms with Gasteiger partial charge in [-0.15, -0.1) is 0 Å². The molecule has 3 rings (SSSR count). The number of fused-ring (bicyclic) bond motifs is 1. The number of rotatable bonds is 1. The Bertz CT molecular complexity index is 436. The fourth-order valence-electron chi connectivity index (χ4n) is 2.66. The Balaban J connectivity index is 1.84. The molecule has 2 aliphatic rings. The summed E-state index contributed by atoms with van der Waals surface area (Å²) in [6.07, 6.45) is 2.23. The second kappa shape index (κ2) is 4.15. The number of nitrogens with zero attached hydrogens (tertiary/aromatic N) is 1. The normalized spacial score (nSPS) is 25.7. The lowest BCUT2D eigenvalue weighted by molar-refractivity contribution is -0.0347. The van der Waals surface area contributed by atoms with Crippen molar-refractivity contribution in [3.05, 3.63) is 35.4 Å². The van der Waals surface area contributed by atoms with Gasteiger partial charge in [0.1, 0.15) is 0 Å². The van der Waals surface area contributed by atoms with Gasteiger partial charge in [-0.3, -0.25) is 4.90 Å². The maximum Gasteiger partial charge on any atom is 0.340 e. The largest absolute Gasteiger partial charge is 0.438 e. The predicted octanol–water partition coefficient (Wildman–Crippen LogP) is 2.59. The van der Waals surface area contributed by atoms with Crippen LogP contribution in [-0.2, 0) is 4.74 Å². The molecule has 0 amide bonds. The van der Waals surface area contributed by atoms with Crippen LogP contribution in [0.2, 0.25) is 0 Å². The Kier molecular flexibility index (Phi) is 2.63. The van der Waals surface area contributed by atoms with E-state index in [1.807, 2.05) is 24.3 Å². The Morgan fingerprint density at radius 1 is 1.24 bits per heavy atom. The zero-order valence-corrected chi connectivity index (χ0v) is 10.1. The summed E-state index contributed by atoms with van der Waals surface area (Å²) in [4.78, 5) is 14.0. The van der Waals surface area contributed by atoms with Crippen LogP contribution < -0.4 is 0 Å². The minimum Gasteiger partial charge on any atom is -0.438 e. The van der Waals surface area contributed by atoms with E-state index < -0.39 is 0 Å². The van der Waals surface area contributed by atoms with Crippen LogP contribution in [0.15, 0.2) is 24.3 Å². The van der Waals surface area contributed by atoms with Crippen LogP contribution in [0.25, 0.3) is 0 Å². The van der Waals surface area contributed by atoms with Gasteiger partial charge in [-0.25, -0.2) is 4.79 Å². The number of piperidine rings is 1. The van der Waals surface area contributed by atoms with Crippen molar-refractivity contribution >= 4 is 5.97 Å². The summed E-state index contributed by atoms with van der Waals surface area (Å²) in [6.45, 7) is 4.33. The van der Waals surface area contributed by atoms with Crippen LogP contribution >= 0.6 is 0 Å². The first-order valence-corrected chi connectivity index (χ1v) is 6.29. The lowest BCUT2D eigenvalue weighted by atomic mass is 9.98. The fraction of sp³-hybridized carbons (Fsp3) is 0.500. The molecule has 0 aromatic heterocycles. The zero-order valence-electron chi connectivity index (χ0n) is 10.1. The summed E-state index contributed by atoms with van der Waals surface area (Å²) in [5, 5.41) is 0. The van der Waals surface area contributed by atoms with E-state index in [2.05, 4.69) is 11.8 Å². The Labute approximate surface area is 101 Å². The van der Waals surface area contributed by atoms with Gasteiger partial charge in [0.2, 0.25) is 0 Å². The first-order chi connectivity index (χ1) is 8.25. The van der Waals surface area contributed by atoms with Crippen molar-refractivity contribution < 1.29 is 9.53 Å². The van der Waals surface area contributed by atoms with Crippen molar-refractivity contribution in [1.82, 2.24) is 4.90 Å². The number of benzene rings is 1. The third-order valence-electron chi connectivity index (χ3n) is 3.82. The van der Waals surface area contributed by atoms with Gasteiger partial charge < -0.3 is 4.74 Å². The highest BCUT2D eigenvalue weighted by Crippen LogP contribution is 2.35. The van der Waals surface area contributed by atoms with E-state index in [4.69, 9.17) is 4.74 Å². The minimum atomic E-state index is -0.177. The van der Waals surface area contributed by atoms with Gasteiger partial charge in [0, 0.05) is 18.7 Å². The molecular weight excluding hydrogens is 214 g/mol. The lowest BCUT2D eigenvalue weighted by Crippen LogP contribution is -2.36. The van der Waals surface area contributed by atoms with E-state index in [-0.39, 0.29) is 12.2 Å². The van der Waals surface area contributed by atoms with Crippen molar-refractivity contribution in [2.24, 2.45) is 5.92 Å². The molecule has 2 aliphatic heterocycles. The van der Waals surface area contributed by atoms with E-state index in [1.54, 1.807) is 0 Å². The quantitative estimate of drug-likeness (QED) is 0.696. The van der Waals surface area contributed by atoms with Gasteiger partial charge >= 0.3 is 5.97 Å². The van der Waals surface area contributed by atoms with E-state index in [0.29, 0.717) is 0 Å². The van der Waals surface area contributed by atoms with E-state index in [1.165, 1.54) is 12.8 Å². The maximum absolute atomic E-state index is 11.7. The van der Waals surface area contributed by atoms with Crippen molar-refractivity contribution in [3.63, 3.8) is 0 Å². The van der Waals surface area contributed by atoms with Crippen molar-refractivity contribution in [2.45, 2.75) is 26.0 Å². The Morgan fingerprint density at radius 3 is 2.71 bits per heavy atom. The van der Waals surface area contributed by atoms with Gasteiger partial charge in [0.05, 0.1) is 5.56 Å². The van der Waals surface area contributed by atoms with Crippen molar-refractivity contribution in [3.8, 4) is 0 Å². The van der Waals surface area contributed by atoms with Crippen molar-refractivity contribution in [1.29, 1.82) is 0 Å². The van der Waals surface area contributed by atoms with Gasteiger partial charge in [-0.1, -0.05) is 25.1 Å². The molecule has 0 unspecified atom stereocenters. The number of carbonyl (C=O) groups excluding carboxylic acids is 1. The van der Waals surface area contributed by atoms with Crippen LogP contribution in [0.4, 0.5) is 0 Å². The molecule has 1 atom stereocenters. The second-order valence-electron chi connectivity index (χ2n) is 5.06. The molecule has 3 heteroatoms. The van der Waals surface area contributed by atoms with E-state index >= 15 is 0 Å². The van der Waals surface area contributed by atoms with Gasteiger partial charge in [0.25, 0.3) is 0 Å². The van der Waals surface area contributed by atoms with Gasteiger partial charge in [0.15, 0.2) is 6.23 Å². The Morgan fingerprint density at radius 2 is 1.94 bits per heavy atom. The number of carbonyl (C=O) groups is 1. The summed E-state index contributed by atoms with van der Waals surface area (Å²) in [5.74, 6) is 0.614. The molecule has 90 valence electrons. The standard InChI is InChI=1S/C14H17NO2/c1-10-6-8-15(9-7-10)13-11-4-2-3-5-12(11)14(16)17-13/h2-5,10,13H,6-9H2,1H3/t13-/m0/s1. The lowest BCUT2D eigenvalue weighted by Gasteiger charge is -2.33. The average Bonchev–Trinajstić information content (AvgIpc) is 2.69. The third kappa shape index (κ3) is 1.84. The van der Waals surface area contributed by atoms with Crippen LogP contribution in [0.1, 0.15) is 41.9 Å². The third-order valence-corrected chi connectivity index (χ3v) is 3.82. The highest BCUT2D eigenvalue weighted by atomic mass is 16.6. The number of hydrogen-bond donors (Lipinski definition) is 0. The summed E-state index contributed by atoms with van der Waals surface area (Å²) in [6, 6.07) is 7.72. The molecular formula is C14H17NO2. The molecule has 1 fully saturated rings. The number of cyclic esters (lactones) is 1. The first kappa shape index (κ1) is 10.8. The molecule has 1 aromatic rings. The van der Waals surface area contributed by atoms with Crippen LogP contribution in [0, 0.1) is 5.92 Å². The smallest absolute Gasteiger partial charge is 0.340 e. The van der Waals surface area contributed by atoms with Crippen molar-refractivity contribution in [2.75, 3.05) is 13.1 Å². The first-order valence-electron chi connectivity index (χ1n) is 6.29. The van der Waals surface area contributed by atoms with Gasteiger partial charge in [-0.2, -0.15) is 0 Å².